The number of hydrogen-bond donors (Lipinski definition) is 0. The molecule has 0 aliphatic carbocycles. The van der Waals surface area contributed by atoms with Crippen molar-refractivity contribution in [1.29, 1.82) is 0 Å². The third kappa shape index (κ3) is 4.63. The molecule has 3 rings (SSSR count). The van der Waals surface area contributed by atoms with Gasteiger partial charge in [0.25, 0.3) is 5.69 Å². The number of nitrogens with zero attached hydrogens (tertiary/aromatic N) is 2. The molecule has 0 aromatic heterocycles. The van der Waals surface area contributed by atoms with Crippen molar-refractivity contribution in [2.75, 3.05) is 26.3 Å². The lowest BCUT2D eigenvalue weighted by molar-refractivity contribution is -0.960. The van der Waals surface area contributed by atoms with Crippen LogP contribution in [0.5, 0.6) is 0 Å². The van der Waals surface area contributed by atoms with E-state index in [1.165, 1.54) is 5.56 Å². The summed E-state index contributed by atoms with van der Waals surface area (Å²) in [6.45, 7) is 5.29. The number of ether oxygens (including phenoxy) is 1. The third-order valence-electron chi connectivity index (χ3n) is 4.45. The number of hydrogen-bond acceptors (Lipinski definition) is 3. The molecule has 1 heterocycles. The van der Waals surface area contributed by atoms with Crippen molar-refractivity contribution in [3.63, 3.8) is 0 Å². The number of rotatable bonds is 5. The first kappa shape index (κ1) is 18.6. The van der Waals surface area contributed by atoms with Gasteiger partial charge in [-0.05, 0) is 12.1 Å². The first-order valence-corrected chi connectivity index (χ1v) is 7.87. The maximum absolute atomic E-state index is 10.8. The molecule has 128 valence electrons. The fourth-order valence-electron chi connectivity index (χ4n) is 3.18. The van der Waals surface area contributed by atoms with Gasteiger partial charge in [-0.2, -0.15) is 0 Å². The Morgan fingerprint density at radius 3 is 2.00 bits per heavy atom. The Morgan fingerprint density at radius 2 is 1.46 bits per heavy atom. The predicted octanol–water partition coefficient (Wildman–Crippen LogP) is 0.146. The Labute approximate surface area is 152 Å². The smallest absolute Gasteiger partial charge is 0.269 e. The highest BCUT2D eigenvalue weighted by Gasteiger charge is 2.31. The van der Waals surface area contributed by atoms with E-state index in [2.05, 4.69) is 24.3 Å². The largest absolute Gasteiger partial charge is 1.00 e. The average Bonchev–Trinajstić information content (AvgIpc) is 2.57. The monoisotopic (exact) mass is 392 g/mol. The number of quaternary nitrogens is 1. The summed E-state index contributed by atoms with van der Waals surface area (Å²) < 4.78 is 6.48. The first-order chi connectivity index (χ1) is 11.2. The number of non-ortho nitro benzene ring substituents is 1. The fraction of sp³-hybridized carbons (Fsp3) is 0.333. The van der Waals surface area contributed by atoms with Crippen LogP contribution in [0.25, 0.3) is 0 Å². The minimum absolute atomic E-state index is 0. The van der Waals surface area contributed by atoms with Crippen molar-refractivity contribution in [2.24, 2.45) is 0 Å². The van der Waals surface area contributed by atoms with Crippen LogP contribution in [0, 0.1) is 10.1 Å². The molecule has 0 unspecified atom stereocenters. The molecule has 0 amide bonds. The minimum Gasteiger partial charge on any atom is -1.00 e. The van der Waals surface area contributed by atoms with Gasteiger partial charge in [0.1, 0.15) is 26.2 Å². The molecular formula is C18H21BrN2O3. The summed E-state index contributed by atoms with van der Waals surface area (Å²) >= 11 is 0. The van der Waals surface area contributed by atoms with Crippen LogP contribution in [-0.4, -0.2) is 35.7 Å². The second-order valence-corrected chi connectivity index (χ2v) is 6.13. The van der Waals surface area contributed by atoms with Gasteiger partial charge in [0.2, 0.25) is 0 Å². The Bertz CT molecular complexity index is 656. The summed E-state index contributed by atoms with van der Waals surface area (Å²) in [5, 5.41) is 10.8. The van der Waals surface area contributed by atoms with Gasteiger partial charge >= 0.3 is 0 Å². The molecule has 0 spiro atoms. The van der Waals surface area contributed by atoms with Crippen molar-refractivity contribution in [1.82, 2.24) is 0 Å². The number of benzene rings is 2. The number of nitro groups is 1. The molecule has 1 saturated heterocycles. The summed E-state index contributed by atoms with van der Waals surface area (Å²) in [7, 11) is 0. The molecule has 0 radical (unpaired) electrons. The second kappa shape index (κ2) is 8.37. The van der Waals surface area contributed by atoms with Crippen LogP contribution in [-0.2, 0) is 17.8 Å². The molecule has 1 aliphatic heterocycles. The van der Waals surface area contributed by atoms with E-state index in [1.807, 2.05) is 18.2 Å². The van der Waals surface area contributed by atoms with E-state index < -0.39 is 0 Å². The predicted molar refractivity (Wildman–Crippen MR) is 87.8 cm³/mol. The van der Waals surface area contributed by atoms with E-state index in [-0.39, 0.29) is 27.6 Å². The van der Waals surface area contributed by atoms with Gasteiger partial charge in [-0.3, -0.25) is 10.1 Å². The van der Waals surface area contributed by atoms with E-state index in [0.29, 0.717) is 0 Å². The van der Waals surface area contributed by atoms with Gasteiger partial charge in [-0.1, -0.05) is 30.3 Å². The third-order valence-corrected chi connectivity index (χ3v) is 4.45. The molecular weight excluding hydrogens is 372 g/mol. The maximum Gasteiger partial charge on any atom is 0.269 e. The zero-order valence-corrected chi connectivity index (χ0v) is 15.0. The number of halogens is 1. The summed E-state index contributed by atoms with van der Waals surface area (Å²) in [6, 6.07) is 17.4. The Kier molecular flexibility index (Phi) is 6.48. The van der Waals surface area contributed by atoms with Gasteiger partial charge in [-0.25, -0.2) is 0 Å². The van der Waals surface area contributed by atoms with E-state index >= 15 is 0 Å². The van der Waals surface area contributed by atoms with Gasteiger partial charge in [0.15, 0.2) is 0 Å². The number of nitro benzene ring substituents is 1. The van der Waals surface area contributed by atoms with Crippen molar-refractivity contribution < 1.29 is 31.1 Å². The highest BCUT2D eigenvalue weighted by molar-refractivity contribution is 5.32. The van der Waals surface area contributed by atoms with Gasteiger partial charge in [0.05, 0.1) is 18.1 Å². The van der Waals surface area contributed by atoms with Crippen molar-refractivity contribution >= 4 is 5.69 Å². The van der Waals surface area contributed by atoms with E-state index in [9.17, 15) is 10.1 Å². The highest BCUT2D eigenvalue weighted by Crippen LogP contribution is 2.23. The molecule has 2 aromatic rings. The maximum atomic E-state index is 10.8. The van der Waals surface area contributed by atoms with Crippen LogP contribution in [0.1, 0.15) is 11.1 Å². The van der Waals surface area contributed by atoms with Gasteiger partial charge < -0.3 is 26.2 Å². The van der Waals surface area contributed by atoms with Gasteiger partial charge in [-0.15, -0.1) is 0 Å². The summed E-state index contributed by atoms with van der Waals surface area (Å²) in [5.74, 6) is 0. The van der Waals surface area contributed by atoms with Crippen molar-refractivity contribution in [3.05, 3.63) is 75.8 Å². The average molecular weight is 393 g/mol. The highest BCUT2D eigenvalue weighted by atomic mass is 79.9. The molecule has 0 saturated carbocycles. The van der Waals surface area contributed by atoms with Crippen LogP contribution >= 0.6 is 0 Å². The molecule has 0 atom stereocenters. The molecule has 5 nitrogen and oxygen atoms in total. The topological polar surface area (TPSA) is 52.4 Å². The first-order valence-electron chi connectivity index (χ1n) is 7.87. The lowest BCUT2D eigenvalue weighted by atomic mass is 10.1. The van der Waals surface area contributed by atoms with Crippen LogP contribution in [0.3, 0.4) is 0 Å². The zero-order chi connectivity index (χ0) is 16.1. The lowest BCUT2D eigenvalue weighted by Gasteiger charge is -2.41. The fourth-order valence-corrected chi connectivity index (χ4v) is 3.18. The standard InChI is InChI=1S/C18H21N2O3.BrH/c21-19(22)18-8-6-17(7-9-18)15-20(10-12-23-13-11-20)14-16-4-2-1-3-5-16;/h1-9H,10-15H2;1H/q+1;/p-1. The van der Waals surface area contributed by atoms with Crippen molar-refractivity contribution in [3.8, 4) is 0 Å². The Morgan fingerprint density at radius 1 is 0.917 bits per heavy atom. The molecule has 6 heteroatoms. The Balaban J connectivity index is 0.00000208. The van der Waals surface area contributed by atoms with Crippen LogP contribution in [0.15, 0.2) is 54.6 Å². The van der Waals surface area contributed by atoms with Crippen LogP contribution in [0.2, 0.25) is 0 Å². The Hall–Kier alpha value is -1.76. The lowest BCUT2D eigenvalue weighted by Crippen LogP contribution is -3.00. The van der Waals surface area contributed by atoms with E-state index in [0.717, 1.165) is 49.4 Å². The van der Waals surface area contributed by atoms with E-state index in [4.69, 9.17) is 4.74 Å². The molecule has 24 heavy (non-hydrogen) atoms. The normalized spacial score (nSPS) is 16.2. The van der Waals surface area contributed by atoms with E-state index in [1.54, 1.807) is 12.1 Å². The molecule has 0 bridgehead atoms. The van der Waals surface area contributed by atoms with Crippen LogP contribution in [0.4, 0.5) is 5.69 Å². The second-order valence-electron chi connectivity index (χ2n) is 6.13. The minimum atomic E-state index is -0.354. The SMILES string of the molecule is O=[N+]([O-])c1ccc(C[N+]2(Cc3ccccc3)CCOCC2)cc1.[Br-]. The number of morpholine rings is 1. The summed E-state index contributed by atoms with van der Waals surface area (Å²) in [6.07, 6.45) is 0. The summed E-state index contributed by atoms with van der Waals surface area (Å²) in [5.41, 5.74) is 2.59. The molecule has 0 N–H and O–H groups in total. The quantitative estimate of drug-likeness (QED) is 0.413. The zero-order valence-electron chi connectivity index (χ0n) is 13.4. The van der Waals surface area contributed by atoms with Crippen LogP contribution < -0.4 is 17.0 Å². The molecule has 1 aliphatic rings. The molecule has 1 fully saturated rings. The molecule has 2 aromatic carbocycles. The van der Waals surface area contributed by atoms with Gasteiger partial charge in [0, 0.05) is 23.3 Å². The van der Waals surface area contributed by atoms with Crippen molar-refractivity contribution in [2.45, 2.75) is 13.1 Å². The summed E-state index contributed by atoms with van der Waals surface area (Å²) in [4.78, 5) is 10.4.